The number of pyridine rings is 1. The first-order chi connectivity index (χ1) is 15.6. The van der Waals surface area contributed by atoms with E-state index in [9.17, 15) is 0 Å². The second-order valence-corrected chi connectivity index (χ2v) is 10.3. The Morgan fingerprint density at radius 3 is 2.22 bits per heavy atom. The van der Waals surface area contributed by atoms with Crippen LogP contribution in [0.1, 0.15) is 97.5 Å². The minimum absolute atomic E-state index is 0.437. The molecule has 0 aliphatic rings. The van der Waals surface area contributed by atoms with Crippen LogP contribution in [0.2, 0.25) is 6.04 Å². The van der Waals surface area contributed by atoms with Gasteiger partial charge in [0.05, 0.1) is 5.69 Å². The summed E-state index contributed by atoms with van der Waals surface area (Å²) in [5.74, 6) is 2.15. The molecule has 0 aliphatic carbocycles. The zero-order valence-corrected chi connectivity index (χ0v) is 21.8. The molecule has 32 heavy (non-hydrogen) atoms. The average molecular weight is 454 g/mol. The Balaban J connectivity index is 1.69. The van der Waals surface area contributed by atoms with Crippen LogP contribution in [0, 0.1) is 11.8 Å². The summed E-state index contributed by atoms with van der Waals surface area (Å²) in [6.07, 6.45) is 16.2. The highest BCUT2D eigenvalue weighted by molar-refractivity contribution is 6.28. The highest BCUT2D eigenvalue weighted by Crippen LogP contribution is 2.20. The van der Waals surface area contributed by atoms with Gasteiger partial charge in [-0.3, -0.25) is 4.98 Å². The van der Waals surface area contributed by atoms with E-state index in [1.54, 1.807) is 0 Å². The van der Waals surface area contributed by atoms with E-state index in [2.05, 4.69) is 55.0 Å². The number of unbranched alkanes of at least 4 members (excludes halogenated alkanes) is 5. The van der Waals surface area contributed by atoms with Crippen molar-refractivity contribution in [1.82, 2.24) is 15.2 Å². The van der Waals surface area contributed by atoms with Gasteiger partial charge in [0.15, 0.2) is 0 Å². The minimum atomic E-state index is 0.437. The summed E-state index contributed by atoms with van der Waals surface area (Å²) < 4.78 is 5.86. The molecule has 0 saturated heterocycles. The zero-order chi connectivity index (χ0) is 23.0. The maximum Gasteiger partial charge on any atom is 0.313 e. The molecule has 0 aromatic carbocycles. The van der Waals surface area contributed by atoms with Crippen molar-refractivity contribution < 1.29 is 4.43 Å². The largest absolute Gasteiger partial charge is 0.527 e. The molecule has 2 aromatic heterocycles. The lowest BCUT2D eigenvalue weighted by molar-refractivity contribution is 0.412. The van der Waals surface area contributed by atoms with Gasteiger partial charge in [0.2, 0.25) is 5.88 Å². The van der Waals surface area contributed by atoms with Gasteiger partial charge in [0, 0.05) is 12.3 Å². The van der Waals surface area contributed by atoms with Crippen LogP contribution in [-0.4, -0.2) is 24.9 Å². The van der Waals surface area contributed by atoms with Gasteiger partial charge in [-0.25, -0.2) is 0 Å². The molecule has 2 aromatic rings. The van der Waals surface area contributed by atoms with E-state index in [-0.39, 0.29) is 0 Å². The van der Waals surface area contributed by atoms with Crippen molar-refractivity contribution in [2.24, 2.45) is 11.8 Å². The lowest BCUT2D eigenvalue weighted by Crippen LogP contribution is -2.09. The van der Waals surface area contributed by atoms with Gasteiger partial charge in [-0.05, 0) is 48.4 Å². The first kappa shape index (κ1) is 26.5. The third kappa shape index (κ3) is 10.7. The fraction of sp³-hybridized carbons (Fsp3) is 0.667. The lowest BCUT2D eigenvalue weighted by Gasteiger charge is -2.14. The van der Waals surface area contributed by atoms with Gasteiger partial charge < -0.3 is 4.43 Å². The highest BCUT2D eigenvalue weighted by atomic mass is 28.2. The molecule has 2 unspecified atom stereocenters. The SMILES string of the molecule is CCCCCCCc1ccc(-c2ccc(O[Si]CC(C)CCC(C)CCCC)nn2)nc1. The summed E-state index contributed by atoms with van der Waals surface area (Å²) in [5.41, 5.74) is 2.96. The molecule has 2 atom stereocenters. The Bertz CT molecular complexity index is 721. The van der Waals surface area contributed by atoms with Crippen molar-refractivity contribution in [2.75, 3.05) is 0 Å². The first-order valence-electron chi connectivity index (χ1n) is 12.8. The van der Waals surface area contributed by atoms with E-state index in [4.69, 9.17) is 4.43 Å². The van der Waals surface area contributed by atoms with Crippen LogP contribution in [0.4, 0.5) is 0 Å². The van der Waals surface area contributed by atoms with Crippen molar-refractivity contribution in [2.45, 2.75) is 104 Å². The van der Waals surface area contributed by atoms with Crippen LogP contribution in [0.5, 0.6) is 5.88 Å². The topological polar surface area (TPSA) is 47.9 Å². The normalized spacial score (nSPS) is 13.1. The molecule has 0 fully saturated rings. The molecule has 0 bridgehead atoms. The van der Waals surface area contributed by atoms with Crippen molar-refractivity contribution in [3.8, 4) is 17.3 Å². The van der Waals surface area contributed by atoms with Crippen molar-refractivity contribution in [3.63, 3.8) is 0 Å². The molecule has 4 nitrogen and oxygen atoms in total. The van der Waals surface area contributed by atoms with Gasteiger partial charge in [0.25, 0.3) is 0 Å². The quantitative estimate of drug-likeness (QED) is 0.182. The van der Waals surface area contributed by atoms with Crippen molar-refractivity contribution in [3.05, 3.63) is 36.0 Å². The maximum atomic E-state index is 5.86. The second-order valence-electron chi connectivity index (χ2n) is 9.35. The Hall–Kier alpha value is -1.75. The molecule has 0 saturated carbocycles. The molecule has 2 heterocycles. The lowest BCUT2D eigenvalue weighted by atomic mass is 9.95. The smallest absolute Gasteiger partial charge is 0.313 e. The standard InChI is InChI=1S/C27H43N3OSi/c1-5-7-9-10-11-13-24-16-17-25(28-20-24)26-18-19-27(30-29-26)31-32-21-23(4)15-14-22(3)12-8-6-2/h16-20,22-23H,5-15,21H2,1-4H3. The Morgan fingerprint density at radius 2 is 1.53 bits per heavy atom. The fourth-order valence-electron chi connectivity index (χ4n) is 3.79. The van der Waals surface area contributed by atoms with E-state index < -0.39 is 0 Å². The van der Waals surface area contributed by atoms with Crippen molar-refractivity contribution >= 4 is 9.76 Å². The molecule has 5 heteroatoms. The molecule has 176 valence electrons. The van der Waals surface area contributed by atoms with Gasteiger partial charge in [-0.15, -0.1) is 10.2 Å². The number of hydrogen-bond acceptors (Lipinski definition) is 4. The van der Waals surface area contributed by atoms with Gasteiger partial charge in [0.1, 0.15) is 5.69 Å². The number of hydrogen-bond donors (Lipinski definition) is 0. The van der Waals surface area contributed by atoms with E-state index in [1.807, 2.05) is 18.3 Å². The van der Waals surface area contributed by atoms with Crippen LogP contribution in [0.25, 0.3) is 11.4 Å². The summed E-state index contributed by atoms with van der Waals surface area (Å²) in [6.45, 7) is 9.24. The Labute approximate surface area is 198 Å². The zero-order valence-electron chi connectivity index (χ0n) is 20.8. The molecular formula is C27H43N3OSi. The Morgan fingerprint density at radius 1 is 0.781 bits per heavy atom. The fourth-order valence-corrected chi connectivity index (χ4v) is 4.62. The average Bonchev–Trinajstić information content (AvgIpc) is 2.82. The summed E-state index contributed by atoms with van der Waals surface area (Å²) in [4.78, 5) is 4.59. The van der Waals surface area contributed by atoms with E-state index in [1.165, 1.54) is 69.8 Å². The molecule has 0 amide bonds. The number of rotatable bonds is 17. The van der Waals surface area contributed by atoms with Crippen LogP contribution < -0.4 is 4.43 Å². The number of nitrogens with zero attached hydrogens (tertiary/aromatic N) is 3. The van der Waals surface area contributed by atoms with Crippen LogP contribution >= 0.6 is 0 Å². The molecule has 0 spiro atoms. The molecule has 2 rings (SSSR count). The minimum Gasteiger partial charge on any atom is -0.527 e. The third-order valence-corrected chi connectivity index (χ3v) is 7.32. The van der Waals surface area contributed by atoms with Gasteiger partial charge in [-0.2, -0.15) is 0 Å². The number of aromatic nitrogens is 3. The summed E-state index contributed by atoms with van der Waals surface area (Å²) in [5, 5.41) is 8.58. The summed E-state index contributed by atoms with van der Waals surface area (Å²) in [7, 11) is 0.437. The van der Waals surface area contributed by atoms with Crippen molar-refractivity contribution in [1.29, 1.82) is 0 Å². The molecule has 0 N–H and O–H groups in total. The van der Waals surface area contributed by atoms with E-state index in [0.29, 0.717) is 21.6 Å². The van der Waals surface area contributed by atoms with Crippen LogP contribution in [0.15, 0.2) is 30.5 Å². The van der Waals surface area contributed by atoms with Crippen LogP contribution in [0.3, 0.4) is 0 Å². The second kappa shape index (κ2) is 16.0. The third-order valence-electron chi connectivity index (χ3n) is 6.11. The molecular weight excluding hydrogens is 410 g/mol. The van der Waals surface area contributed by atoms with E-state index >= 15 is 0 Å². The predicted molar refractivity (Wildman–Crippen MR) is 136 cm³/mol. The molecule has 2 radical (unpaired) electrons. The van der Waals surface area contributed by atoms with Crippen LogP contribution in [-0.2, 0) is 6.42 Å². The van der Waals surface area contributed by atoms with Gasteiger partial charge in [-0.1, -0.05) is 91.5 Å². The van der Waals surface area contributed by atoms with Gasteiger partial charge >= 0.3 is 9.76 Å². The van der Waals surface area contributed by atoms with E-state index in [0.717, 1.165) is 29.8 Å². The monoisotopic (exact) mass is 453 g/mol. The summed E-state index contributed by atoms with van der Waals surface area (Å²) >= 11 is 0. The first-order valence-corrected chi connectivity index (χ1v) is 13.9. The maximum absolute atomic E-state index is 5.86. The summed E-state index contributed by atoms with van der Waals surface area (Å²) in [6, 6.07) is 9.18. The Kier molecular flexibility index (Phi) is 13.2. The predicted octanol–water partition coefficient (Wildman–Crippen LogP) is 7.71. The molecule has 0 aliphatic heterocycles. The highest BCUT2D eigenvalue weighted by Gasteiger charge is 2.09. The number of aryl methyl sites for hydroxylation is 1.